The molecule has 0 amide bonds. The number of hydrogen-bond acceptors (Lipinski definition) is 13. The van der Waals surface area contributed by atoms with Crippen LogP contribution in [-0.4, -0.2) is 64.9 Å². The molecule has 18 nitrogen and oxygen atoms in total. The Hall–Kier alpha value is -5.08. The summed E-state index contributed by atoms with van der Waals surface area (Å²) in [7, 11) is -25.3. The smallest absolute Gasteiger partial charge is 0.296 e. The number of fused-ring (bicyclic) bond motifs is 2. The van der Waals surface area contributed by atoms with Gasteiger partial charge in [0.05, 0.1) is 16.7 Å². The lowest BCUT2D eigenvalue weighted by molar-refractivity contribution is 0.479. The first-order chi connectivity index (χ1) is 27.4. The summed E-state index contributed by atoms with van der Waals surface area (Å²) in [6, 6.07) is 11.2. The normalized spacial score (nSPS) is 13.3. The second-order valence-corrected chi connectivity index (χ2v) is 20.8. The molecular formula is C37H34N2O16S5. The van der Waals surface area contributed by atoms with Crippen LogP contribution in [0.25, 0.3) is 33.4 Å². The Kier molecular flexibility index (Phi) is 11.0. The number of nitrogens with zero attached hydrogens (tertiary/aromatic N) is 1. The summed E-state index contributed by atoms with van der Waals surface area (Å²) in [6.45, 7) is 8.52. The van der Waals surface area contributed by atoms with Crippen molar-refractivity contribution in [2.45, 2.75) is 66.0 Å². The minimum atomic E-state index is -5.28. The summed E-state index contributed by atoms with van der Waals surface area (Å²) in [5.41, 5.74) is -0.999. The van der Waals surface area contributed by atoms with Gasteiger partial charge in [0.15, 0.2) is 0 Å². The lowest BCUT2D eigenvalue weighted by atomic mass is 9.93. The summed E-state index contributed by atoms with van der Waals surface area (Å²) in [5.74, 6) is -0.312. The van der Waals surface area contributed by atoms with E-state index in [0.717, 1.165) is 30.3 Å². The highest BCUT2D eigenvalue weighted by molar-refractivity contribution is 7.87. The lowest BCUT2D eigenvalue weighted by Crippen LogP contribution is -2.17. The van der Waals surface area contributed by atoms with E-state index in [4.69, 9.17) is 4.42 Å². The molecule has 0 aromatic heterocycles. The highest BCUT2D eigenvalue weighted by atomic mass is 32.2. The van der Waals surface area contributed by atoms with Crippen LogP contribution in [0.2, 0.25) is 0 Å². The highest BCUT2D eigenvalue weighted by Crippen LogP contribution is 2.46. The van der Waals surface area contributed by atoms with Crippen molar-refractivity contribution in [3.63, 3.8) is 0 Å². The zero-order valence-corrected chi connectivity index (χ0v) is 36.1. The number of hydrogen-bond donors (Lipinski definition) is 6. The van der Waals surface area contributed by atoms with Crippen LogP contribution in [-0.2, 0) is 50.6 Å². The second kappa shape index (κ2) is 14.8. The van der Waals surface area contributed by atoms with E-state index in [-0.39, 0.29) is 67.0 Å². The van der Waals surface area contributed by atoms with E-state index in [0.29, 0.717) is 11.1 Å². The average molecular weight is 923 g/mol. The van der Waals surface area contributed by atoms with Crippen molar-refractivity contribution in [1.82, 2.24) is 0 Å². The summed E-state index contributed by atoms with van der Waals surface area (Å²) >= 11 is 0. The molecule has 0 unspecified atom stereocenters. The standard InChI is InChI=1S/C37H34N2O16S5/c1-17-11-19(3)36(59(49,50)51)21(5)34(17)38-26-15-28-24(13-31(26)57(43,44)45)33(23-9-7-8-10-30(23)56(40,41)42)25-14-32(58(46,47)48)27(16-29(25)55-28)39-35-18(2)12-20(4)37(22(35)6)60(52,53)54/h7-16,38H,1-6H3,(H,40,41,42)(H,43,44,45)(H,46,47,48)(H,49,50,51)(H,52,53,54). The number of nitrogens with one attached hydrogen (secondary N) is 1. The zero-order chi connectivity index (χ0) is 44.8. The van der Waals surface area contributed by atoms with Gasteiger partial charge in [-0.3, -0.25) is 22.8 Å². The van der Waals surface area contributed by atoms with Gasteiger partial charge in [0, 0.05) is 39.9 Å². The van der Waals surface area contributed by atoms with Crippen molar-refractivity contribution < 1.29 is 69.3 Å². The molecule has 60 heavy (non-hydrogen) atoms. The van der Waals surface area contributed by atoms with Crippen LogP contribution < -0.4 is 10.7 Å². The average Bonchev–Trinajstić information content (AvgIpc) is 3.07. The number of anilines is 2. The van der Waals surface area contributed by atoms with Crippen molar-refractivity contribution >= 4 is 78.6 Å². The quantitative estimate of drug-likeness (QED) is 0.0688. The van der Waals surface area contributed by atoms with Crippen LogP contribution in [0.4, 0.5) is 17.1 Å². The molecule has 23 heteroatoms. The molecule has 4 aromatic rings. The maximum atomic E-state index is 13.1. The molecule has 318 valence electrons. The molecule has 1 aliphatic carbocycles. The fourth-order valence-corrected chi connectivity index (χ4v) is 11.4. The molecule has 6 N–H and O–H groups in total. The van der Waals surface area contributed by atoms with Gasteiger partial charge in [-0.15, -0.1) is 0 Å². The molecule has 0 spiro atoms. The van der Waals surface area contributed by atoms with E-state index in [2.05, 4.69) is 10.3 Å². The van der Waals surface area contributed by atoms with E-state index < -0.39 is 86.1 Å². The van der Waals surface area contributed by atoms with Crippen molar-refractivity contribution in [2.24, 2.45) is 4.99 Å². The van der Waals surface area contributed by atoms with Crippen LogP contribution >= 0.6 is 0 Å². The Bertz CT molecular complexity index is 3490. The largest absolute Gasteiger partial charge is 0.456 e. The van der Waals surface area contributed by atoms with Gasteiger partial charge in [-0.25, -0.2) is 4.99 Å². The van der Waals surface area contributed by atoms with Gasteiger partial charge >= 0.3 is 0 Å². The van der Waals surface area contributed by atoms with Crippen LogP contribution in [0.1, 0.15) is 33.4 Å². The summed E-state index contributed by atoms with van der Waals surface area (Å²) in [5, 5.41) is 1.94. The molecule has 6 rings (SSSR count). The highest BCUT2D eigenvalue weighted by Gasteiger charge is 2.30. The molecule has 0 radical (unpaired) electrons. The van der Waals surface area contributed by atoms with Crippen LogP contribution in [0, 0.1) is 41.5 Å². The molecule has 2 aliphatic rings. The molecule has 0 atom stereocenters. The maximum absolute atomic E-state index is 13.1. The third-order valence-corrected chi connectivity index (χ3v) is 14.6. The van der Waals surface area contributed by atoms with E-state index >= 15 is 0 Å². The molecule has 0 saturated heterocycles. The van der Waals surface area contributed by atoms with Crippen molar-refractivity contribution in [2.75, 3.05) is 5.32 Å². The Morgan fingerprint density at radius 3 is 1.62 bits per heavy atom. The maximum Gasteiger partial charge on any atom is 0.296 e. The summed E-state index contributed by atoms with van der Waals surface area (Å²) in [4.78, 5) is 0.812. The van der Waals surface area contributed by atoms with Crippen LogP contribution in [0.5, 0.6) is 0 Å². The molecule has 1 aliphatic heterocycles. The number of benzene rings is 5. The predicted octanol–water partition coefficient (Wildman–Crippen LogP) is 6.26. The lowest BCUT2D eigenvalue weighted by Gasteiger charge is -2.21. The molecule has 4 aromatic carbocycles. The predicted molar refractivity (Wildman–Crippen MR) is 217 cm³/mol. The van der Waals surface area contributed by atoms with Crippen molar-refractivity contribution in [3.05, 3.63) is 99.4 Å². The summed E-state index contributed by atoms with van der Waals surface area (Å²) < 4.78 is 185. The van der Waals surface area contributed by atoms with E-state index in [1.807, 2.05) is 0 Å². The SMILES string of the molecule is Cc1cc(C)c(S(=O)(=O)O)c(C)c1N=c1cc2oc3cc(Nc4c(C)cc(C)c(S(=O)(=O)O)c4C)c(S(=O)(=O)O)cc3c(-c3ccccc3S(=O)(=O)O)c-2cc1S(=O)(=O)O. The first-order valence-corrected chi connectivity index (χ1v) is 24.2. The van der Waals surface area contributed by atoms with Crippen LogP contribution in [0.15, 0.2) is 94.6 Å². The fraction of sp³-hybridized carbons (Fsp3) is 0.162. The molecule has 0 saturated carbocycles. The Morgan fingerprint density at radius 2 is 1.07 bits per heavy atom. The fourth-order valence-electron chi connectivity index (χ4n) is 7.46. The second-order valence-electron chi connectivity index (χ2n) is 13.9. The third-order valence-electron chi connectivity index (χ3n) is 9.66. The van der Waals surface area contributed by atoms with Gasteiger partial charge < -0.3 is 9.73 Å². The van der Waals surface area contributed by atoms with Gasteiger partial charge in [0.2, 0.25) is 0 Å². The first kappa shape index (κ1) is 44.5. The Labute approximate surface area is 344 Å². The van der Waals surface area contributed by atoms with E-state index in [1.54, 1.807) is 6.92 Å². The van der Waals surface area contributed by atoms with Gasteiger partial charge in [0.25, 0.3) is 50.6 Å². The van der Waals surface area contributed by atoms with Gasteiger partial charge in [-0.1, -0.05) is 30.3 Å². The van der Waals surface area contributed by atoms with Gasteiger partial charge in [0.1, 0.15) is 35.8 Å². The minimum Gasteiger partial charge on any atom is -0.456 e. The van der Waals surface area contributed by atoms with Crippen LogP contribution in [0.3, 0.4) is 0 Å². The first-order valence-electron chi connectivity index (χ1n) is 17.0. The monoisotopic (exact) mass is 922 g/mol. The number of rotatable bonds is 9. The minimum absolute atomic E-state index is 0.0119. The van der Waals surface area contributed by atoms with Crippen molar-refractivity contribution in [3.8, 4) is 22.5 Å². The zero-order valence-electron chi connectivity index (χ0n) is 32.0. The van der Waals surface area contributed by atoms with Gasteiger partial charge in [-0.2, -0.15) is 42.1 Å². The molecule has 1 heterocycles. The van der Waals surface area contributed by atoms with Gasteiger partial charge in [-0.05, 0) is 93.1 Å². The summed E-state index contributed by atoms with van der Waals surface area (Å²) in [6.07, 6.45) is 0. The van der Waals surface area contributed by atoms with E-state index in [1.165, 1.54) is 65.0 Å². The number of aryl methyl sites for hydroxylation is 4. The van der Waals surface area contributed by atoms with E-state index in [9.17, 15) is 64.9 Å². The Morgan fingerprint density at radius 1 is 0.533 bits per heavy atom. The Balaban J connectivity index is 1.84. The third kappa shape index (κ3) is 8.20. The molecule has 0 fully saturated rings. The van der Waals surface area contributed by atoms with Crippen molar-refractivity contribution in [1.29, 1.82) is 0 Å². The molecular weight excluding hydrogens is 889 g/mol. The molecule has 0 bridgehead atoms. The topological polar surface area (TPSA) is 309 Å².